The van der Waals surface area contributed by atoms with Crippen molar-refractivity contribution in [2.24, 2.45) is 5.73 Å². The summed E-state index contributed by atoms with van der Waals surface area (Å²) in [4.78, 5) is 0. The van der Waals surface area contributed by atoms with E-state index in [0.29, 0.717) is 26.4 Å². The van der Waals surface area contributed by atoms with E-state index in [4.69, 9.17) is 24.3 Å². The summed E-state index contributed by atoms with van der Waals surface area (Å²) in [6, 6.07) is 0. The largest absolute Gasteiger partial charge is 0.356 e. The van der Waals surface area contributed by atoms with Crippen LogP contribution in [0.15, 0.2) is 0 Å². The zero-order valence-electron chi connectivity index (χ0n) is 10.2. The van der Waals surface area contributed by atoms with Crippen LogP contribution in [0, 0.1) is 0 Å². The van der Waals surface area contributed by atoms with E-state index in [0.717, 1.165) is 0 Å². The van der Waals surface area contributed by atoms with Crippen LogP contribution in [-0.2, 0) is 23.1 Å². The second-order valence-corrected chi connectivity index (χ2v) is 4.97. The molecule has 0 aliphatic heterocycles. The van der Waals surface area contributed by atoms with Crippen molar-refractivity contribution in [1.82, 2.24) is 0 Å². The van der Waals surface area contributed by atoms with Gasteiger partial charge in [0.05, 0.1) is 19.8 Å². The third-order valence-electron chi connectivity index (χ3n) is 1.59. The maximum absolute atomic E-state index is 11.9. The van der Waals surface area contributed by atoms with Crippen molar-refractivity contribution >= 4 is 7.60 Å². The molecule has 0 aliphatic rings. The molecule has 0 heterocycles. The van der Waals surface area contributed by atoms with Gasteiger partial charge in [0, 0.05) is 6.54 Å². The maximum Gasteiger partial charge on any atom is 0.356 e. The monoisotopic (exact) mass is 255 g/mol. The van der Waals surface area contributed by atoms with E-state index in [2.05, 4.69) is 0 Å². The van der Waals surface area contributed by atoms with E-state index in [1.807, 2.05) is 0 Å². The van der Waals surface area contributed by atoms with Crippen LogP contribution in [0.3, 0.4) is 0 Å². The summed E-state index contributed by atoms with van der Waals surface area (Å²) in [6.07, 6.45) is -0.585. The molecule has 16 heavy (non-hydrogen) atoms. The van der Waals surface area contributed by atoms with Crippen molar-refractivity contribution < 1.29 is 23.1 Å². The first-order valence-corrected chi connectivity index (χ1v) is 7.12. The predicted octanol–water partition coefficient (Wildman–Crippen LogP) is 1.55. The average molecular weight is 255 g/mol. The van der Waals surface area contributed by atoms with Crippen LogP contribution in [0.25, 0.3) is 0 Å². The molecule has 0 spiro atoms. The maximum atomic E-state index is 11.9. The summed E-state index contributed by atoms with van der Waals surface area (Å²) in [5, 5.41) is 0. The highest BCUT2D eigenvalue weighted by Gasteiger charge is 2.24. The summed E-state index contributed by atoms with van der Waals surface area (Å²) < 4.78 is 32.4. The lowest BCUT2D eigenvalue weighted by Crippen LogP contribution is -2.19. The van der Waals surface area contributed by atoms with Crippen molar-refractivity contribution in [3.63, 3.8) is 0 Å². The van der Waals surface area contributed by atoms with Gasteiger partial charge in [-0.25, -0.2) is 0 Å². The third-order valence-corrected chi connectivity index (χ3v) is 3.36. The van der Waals surface area contributed by atoms with E-state index in [-0.39, 0.29) is 6.35 Å². The first-order valence-electron chi connectivity index (χ1n) is 5.39. The van der Waals surface area contributed by atoms with E-state index in [1.54, 1.807) is 20.8 Å². The van der Waals surface area contributed by atoms with Crippen LogP contribution in [0.5, 0.6) is 0 Å². The molecule has 0 radical (unpaired) electrons. The molecule has 98 valence electrons. The van der Waals surface area contributed by atoms with Crippen LogP contribution in [0.4, 0.5) is 0 Å². The van der Waals surface area contributed by atoms with Crippen molar-refractivity contribution in [3.8, 4) is 0 Å². The highest BCUT2D eigenvalue weighted by Crippen LogP contribution is 2.48. The SMILES string of the molecule is CCOP(=O)(COC(C)OCCN)OCC. The van der Waals surface area contributed by atoms with Gasteiger partial charge in [0.1, 0.15) is 0 Å². The Kier molecular flexibility index (Phi) is 9.12. The summed E-state index contributed by atoms with van der Waals surface area (Å²) in [7, 11) is -3.14. The smallest absolute Gasteiger partial charge is 0.352 e. The Bertz CT molecular complexity index is 204. The van der Waals surface area contributed by atoms with Gasteiger partial charge in [-0.1, -0.05) is 0 Å². The minimum absolute atomic E-state index is 0.111. The van der Waals surface area contributed by atoms with Crippen LogP contribution in [0.2, 0.25) is 0 Å². The van der Waals surface area contributed by atoms with Gasteiger partial charge in [0.15, 0.2) is 12.6 Å². The molecule has 0 saturated heterocycles. The molecule has 0 aliphatic carbocycles. The molecule has 0 aromatic heterocycles. The molecule has 0 saturated carbocycles. The molecule has 6 nitrogen and oxygen atoms in total. The van der Waals surface area contributed by atoms with Gasteiger partial charge in [-0.2, -0.15) is 0 Å². The predicted molar refractivity (Wildman–Crippen MR) is 61.3 cm³/mol. The number of hydrogen-bond donors (Lipinski definition) is 1. The minimum Gasteiger partial charge on any atom is -0.352 e. The fraction of sp³-hybridized carbons (Fsp3) is 1.00. The van der Waals surface area contributed by atoms with E-state index in [1.165, 1.54) is 0 Å². The summed E-state index contributed by atoms with van der Waals surface area (Å²) in [6.45, 7) is 6.66. The lowest BCUT2D eigenvalue weighted by Gasteiger charge is -2.19. The van der Waals surface area contributed by atoms with Crippen LogP contribution in [-0.4, -0.2) is 39.0 Å². The average Bonchev–Trinajstić information content (AvgIpc) is 2.24. The number of hydrogen-bond acceptors (Lipinski definition) is 6. The minimum atomic E-state index is -3.14. The Balaban J connectivity index is 3.96. The third kappa shape index (κ3) is 7.33. The van der Waals surface area contributed by atoms with Gasteiger partial charge in [0.25, 0.3) is 0 Å². The second-order valence-electron chi connectivity index (χ2n) is 2.97. The molecule has 0 aromatic carbocycles. The molecule has 7 heteroatoms. The molecule has 0 aromatic rings. The number of nitrogens with two attached hydrogens (primary N) is 1. The van der Waals surface area contributed by atoms with Crippen molar-refractivity contribution in [1.29, 1.82) is 0 Å². The van der Waals surface area contributed by atoms with Gasteiger partial charge in [-0.15, -0.1) is 0 Å². The van der Waals surface area contributed by atoms with Gasteiger partial charge >= 0.3 is 7.60 Å². The van der Waals surface area contributed by atoms with Gasteiger partial charge < -0.3 is 24.3 Å². The van der Waals surface area contributed by atoms with Crippen molar-refractivity contribution in [2.45, 2.75) is 27.1 Å². The first-order chi connectivity index (χ1) is 7.58. The summed E-state index contributed by atoms with van der Waals surface area (Å²) in [5.41, 5.74) is 5.27. The van der Waals surface area contributed by atoms with Crippen molar-refractivity contribution in [2.75, 3.05) is 32.7 Å². The zero-order valence-corrected chi connectivity index (χ0v) is 11.1. The molecule has 1 unspecified atom stereocenters. The molecule has 1 atom stereocenters. The summed E-state index contributed by atoms with van der Waals surface area (Å²) >= 11 is 0. The molecular formula is C9H22NO5P. The molecule has 0 amide bonds. The second kappa shape index (κ2) is 9.10. The fourth-order valence-corrected chi connectivity index (χ4v) is 2.39. The number of rotatable bonds is 10. The molecule has 0 fully saturated rings. The molecule has 0 rings (SSSR count). The topological polar surface area (TPSA) is 80.0 Å². The van der Waals surface area contributed by atoms with Gasteiger partial charge in [-0.05, 0) is 20.8 Å². The normalized spacial score (nSPS) is 14.0. The lowest BCUT2D eigenvalue weighted by atomic mass is 10.7. The standard InChI is InChI=1S/C9H22NO5P/c1-4-14-16(11,15-5-2)8-13-9(3)12-7-6-10/h9H,4-8,10H2,1-3H3. The van der Waals surface area contributed by atoms with Crippen molar-refractivity contribution in [3.05, 3.63) is 0 Å². The first kappa shape index (κ1) is 16.0. The Morgan fingerprint density at radius 2 is 1.75 bits per heavy atom. The van der Waals surface area contributed by atoms with E-state index < -0.39 is 13.9 Å². The number of ether oxygens (including phenoxy) is 2. The van der Waals surface area contributed by atoms with Crippen LogP contribution in [0.1, 0.15) is 20.8 Å². The summed E-state index contributed by atoms with van der Waals surface area (Å²) in [5.74, 6) is 0. The highest BCUT2D eigenvalue weighted by molar-refractivity contribution is 7.53. The lowest BCUT2D eigenvalue weighted by molar-refractivity contribution is -0.118. The molecule has 2 N–H and O–H groups in total. The zero-order chi connectivity index (χ0) is 12.4. The molecule has 0 bridgehead atoms. The quantitative estimate of drug-likeness (QED) is 0.471. The Morgan fingerprint density at radius 3 is 2.19 bits per heavy atom. The van der Waals surface area contributed by atoms with E-state index in [9.17, 15) is 4.57 Å². The van der Waals surface area contributed by atoms with Gasteiger partial charge in [0.2, 0.25) is 0 Å². The van der Waals surface area contributed by atoms with Gasteiger partial charge in [-0.3, -0.25) is 4.57 Å². The Morgan fingerprint density at radius 1 is 1.19 bits per heavy atom. The highest BCUT2D eigenvalue weighted by atomic mass is 31.2. The van der Waals surface area contributed by atoms with E-state index >= 15 is 0 Å². The Labute approximate surface area is 96.9 Å². The van der Waals surface area contributed by atoms with Crippen LogP contribution >= 0.6 is 7.60 Å². The molecular weight excluding hydrogens is 233 g/mol. The Hall–Kier alpha value is 0.0300. The van der Waals surface area contributed by atoms with Crippen LogP contribution < -0.4 is 5.73 Å². The fourth-order valence-electron chi connectivity index (χ4n) is 0.984.